The maximum Gasteiger partial charge on any atom is 0.246 e. The van der Waals surface area contributed by atoms with Gasteiger partial charge in [0, 0.05) is 22.9 Å². The molecule has 0 unspecified atom stereocenters. The molecule has 156 valence electrons. The van der Waals surface area contributed by atoms with Crippen molar-refractivity contribution in [3.63, 3.8) is 0 Å². The molecule has 0 atom stereocenters. The van der Waals surface area contributed by atoms with Crippen LogP contribution < -0.4 is 10.6 Å². The number of hydrogen-bond donors (Lipinski definition) is 2. The number of rotatable bonds is 8. The average Bonchev–Trinajstić information content (AvgIpc) is 3.00. The molecule has 0 radical (unpaired) electrons. The van der Waals surface area contributed by atoms with E-state index in [4.69, 9.17) is 23.8 Å². The molecular formula is C22H24ClN5OS. The Hall–Kier alpha value is -2.90. The van der Waals surface area contributed by atoms with Crippen molar-refractivity contribution in [2.75, 3.05) is 10.6 Å². The van der Waals surface area contributed by atoms with E-state index < -0.39 is 0 Å². The van der Waals surface area contributed by atoms with E-state index in [0.717, 1.165) is 22.5 Å². The van der Waals surface area contributed by atoms with Crippen LogP contribution in [0.4, 0.5) is 11.4 Å². The third-order valence-electron chi connectivity index (χ3n) is 4.64. The fourth-order valence-corrected chi connectivity index (χ4v) is 3.44. The lowest BCUT2D eigenvalue weighted by molar-refractivity contribution is -0.116. The van der Waals surface area contributed by atoms with Crippen LogP contribution in [-0.2, 0) is 24.4 Å². The molecule has 2 aromatic carbocycles. The van der Waals surface area contributed by atoms with Gasteiger partial charge in [0.15, 0.2) is 10.6 Å². The number of halogens is 1. The number of hydrogen-bond acceptors (Lipinski definition) is 4. The SMILES string of the molecule is C=CCn1c(CNc2cccc(Cl)c2C)nn(CC(=O)Nc2ccc(C)cc2)c1=S. The lowest BCUT2D eigenvalue weighted by Crippen LogP contribution is -2.20. The lowest BCUT2D eigenvalue weighted by Gasteiger charge is -2.10. The molecule has 0 spiro atoms. The van der Waals surface area contributed by atoms with Crippen LogP contribution >= 0.6 is 23.8 Å². The summed E-state index contributed by atoms with van der Waals surface area (Å²) < 4.78 is 3.85. The Bertz CT molecular complexity index is 1120. The number of allylic oxidation sites excluding steroid dienone is 1. The second-order valence-corrected chi connectivity index (χ2v) is 7.71. The third kappa shape index (κ3) is 5.17. The molecule has 0 bridgehead atoms. The smallest absolute Gasteiger partial charge is 0.246 e. The predicted octanol–water partition coefficient (Wildman–Crippen LogP) is 5.12. The van der Waals surface area contributed by atoms with E-state index in [0.29, 0.717) is 28.7 Å². The molecule has 1 amide bonds. The summed E-state index contributed by atoms with van der Waals surface area (Å²) in [5.74, 6) is 0.519. The Morgan fingerprint density at radius 2 is 1.97 bits per heavy atom. The molecule has 3 aromatic rings. The summed E-state index contributed by atoms with van der Waals surface area (Å²) >= 11 is 11.7. The van der Waals surface area contributed by atoms with Gasteiger partial charge in [-0.25, -0.2) is 4.68 Å². The van der Waals surface area contributed by atoms with Crippen molar-refractivity contribution in [2.45, 2.75) is 33.5 Å². The molecule has 0 aliphatic heterocycles. The number of amides is 1. The van der Waals surface area contributed by atoms with Crippen LogP contribution in [0.25, 0.3) is 0 Å². The molecule has 0 saturated heterocycles. The summed E-state index contributed by atoms with van der Waals surface area (Å²) in [7, 11) is 0. The lowest BCUT2D eigenvalue weighted by atomic mass is 10.2. The largest absolute Gasteiger partial charge is 0.377 e. The van der Waals surface area contributed by atoms with Crippen LogP contribution in [0.2, 0.25) is 5.02 Å². The minimum absolute atomic E-state index is 0.0278. The summed E-state index contributed by atoms with van der Waals surface area (Å²) in [6, 6.07) is 13.3. The van der Waals surface area contributed by atoms with E-state index in [9.17, 15) is 4.79 Å². The third-order valence-corrected chi connectivity index (χ3v) is 5.49. The molecule has 30 heavy (non-hydrogen) atoms. The topological polar surface area (TPSA) is 63.9 Å². The standard InChI is InChI=1S/C22H24ClN5OS/c1-4-12-27-20(13-24-19-7-5-6-18(23)16(19)3)26-28(22(27)30)14-21(29)25-17-10-8-15(2)9-11-17/h4-11,24H,1,12-14H2,2-3H3,(H,25,29). The number of anilines is 2. The number of benzene rings is 2. The van der Waals surface area contributed by atoms with Gasteiger partial charge in [0.1, 0.15) is 6.54 Å². The number of aromatic nitrogens is 3. The molecule has 2 N–H and O–H groups in total. The van der Waals surface area contributed by atoms with Crippen molar-refractivity contribution in [2.24, 2.45) is 0 Å². The molecule has 1 heterocycles. The van der Waals surface area contributed by atoms with Crippen LogP contribution in [0.1, 0.15) is 17.0 Å². The maximum absolute atomic E-state index is 12.5. The van der Waals surface area contributed by atoms with Crippen LogP contribution in [0.3, 0.4) is 0 Å². The van der Waals surface area contributed by atoms with Crippen molar-refractivity contribution >= 4 is 41.1 Å². The van der Waals surface area contributed by atoms with Crippen LogP contribution in [-0.4, -0.2) is 20.3 Å². The Balaban J connectivity index is 1.76. The number of carbonyl (C=O) groups excluding carboxylic acids is 1. The van der Waals surface area contributed by atoms with Gasteiger partial charge in [-0.3, -0.25) is 9.36 Å². The molecule has 0 fully saturated rings. The summed E-state index contributed by atoms with van der Waals surface area (Å²) in [4.78, 5) is 12.5. The van der Waals surface area contributed by atoms with E-state index in [2.05, 4.69) is 22.3 Å². The zero-order chi connectivity index (χ0) is 21.7. The van der Waals surface area contributed by atoms with E-state index in [1.54, 1.807) is 6.08 Å². The van der Waals surface area contributed by atoms with Gasteiger partial charge in [0.25, 0.3) is 0 Å². The second-order valence-electron chi connectivity index (χ2n) is 6.94. The first kappa shape index (κ1) is 21.8. The predicted molar refractivity (Wildman–Crippen MR) is 125 cm³/mol. The molecule has 0 aliphatic rings. The number of nitrogens with one attached hydrogen (secondary N) is 2. The molecule has 0 aliphatic carbocycles. The molecule has 0 saturated carbocycles. The Morgan fingerprint density at radius 1 is 1.23 bits per heavy atom. The highest BCUT2D eigenvalue weighted by atomic mass is 35.5. The molecule has 6 nitrogen and oxygen atoms in total. The minimum Gasteiger partial charge on any atom is -0.377 e. The summed E-state index contributed by atoms with van der Waals surface area (Å²) in [5.41, 5.74) is 3.75. The van der Waals surface area contributed by atoms with E-state index >= 15 is 0 Å². The van der Waals surface area contributed by atoms with Gasteiger partial charge >= 0.3 is 0 Å². The van der Waals surface area contributed by atoms with E-state index in [1.165, 1.54) is 4.68 Å². The van der Waals surface area contributed by atoms with Crippen molar-refractivity contribution in [3.8, 4) is 0 Å². The Labute approximate surface area is 186 Å². The monoisotopic (exact) mass is 441 g/mol. The average molecular weight is 442 g/mol. The van der Waals surface area contributed by atoms with E-state index in [-0.39, 0.29) is 12.5 Å². The molecule has 8 heteroatoms. The van der Waals surface area contributed by atoms with Gasteiger partial charge in [-0.2, -0.15) is 5.10 Å². The summed E-state index contributed by atoms with van der Waals surface area (Å²) in [6.07, 6.45) is 1.75. The zero-order valence-corrected chi connectivity index (χ0v) is 18.6. The first-order valence-electron chi connectivity index (χ1n) is 9.52. The fraction of sp³-hybridized carbons (Fsp3) is 0.227. The van der Waals surface area contributed by atoms with Crippen molar-refractivity contribution < 1.29 is 4.79 Å². The fourth-order valence-electron chi connectivity index (χ4n) is 2.98. The molecular weight excluding hydrogens is 418 g/mol. The van der Waals surface area contributed by atoms with Gasteiger partial charge in [0.05, 0.1) is 6.54 Å². The highest BCUT2D eigenvalue weighted by molar-refractivity contribution is 7.71. The normalized spacial score (nSPS) is 10.6. The second kappa shape index (κ2) is 9.73. The number of aryl methyl sites for hydroxylation is 1. The summed E-state index contributed by atoms with van der Waals surface area (Å²) in [6.45, 7) is 8.71. The van der Waals surface area contributed by atoms with Crippen LogP contribution in [0.5, 0.6) is 0 Å². The highest BCUT2D eigenvalue weighted by Crippen LogP contribution is 2.23. The van der Waals surface area contributed by atoms with Crippen molar-refractivity contribution in [1.82, 2.24) is 14.3 Å². The van der Waals surface area contributed by atoms with Gasteiger partial charge in [-0.15, -0.1) is 6.58 Å². The number of nitrogens with zero attached hydrogens (tertiary/aromatic N) is 3. The Morgan fingerprint density at radius 3 is 2.67 bits per heavy atom. The quantitative estimate of drug-likeness (QED) is 0.376. The highest BCUT2D eigenvalue weighted by Gasteiger charge is 2.13. The van der Waals surface area contributed by atoms with Gasteiger partial charge in [0.2, 0.25) is 5.91 Å². The van der Waals surface area contributed by atoms with Crippen LogP contribution in [0.15, 0.2) is 55.1 Å². The van der Waals surface area contributed by atoms with Crippen molar-refractivity contribution in [3.05, 3.63) is 81.9 Å². The Kier molecular flexibility index (Phi) is 7.07. The van der Waals surface area contributed by atoms with Crippen LogP contribution in [0, 0.1) is 18.6 Å². The zero-order valence-electron chi connectivity index (χ0n) is 17.0. The number of carbonyl (C=O) groups is 1. The van der Waals surface area contributed by atoms with Gasteiger partial charge in [-0.1, -0.05) is 41.4 Å². The van der Waals surface area contributed by atoms with Gasteiger partial charge in [-0.05, 0) is 55.9 Å². The minimum atomic E-state index is -0.191. The van der Waals surface area contributed by atoms with Gasteiger partial charge < -0.3 is 10.6 Å². The van der Waals surface area contributed by atoms with E-state index in [1.807, 2.05) is 60.9 Å². The molecule has 1 aromatic heterocycles. The molecule has 3 rings (SSSR count). The first-order chi connectivity index (χ1) is 14.4. The summed E-state index contributed by atoms with van der Waals surface area (Å²) in [5, 5.41) is 11.5. The first-order valence-corrected chi connectivity index (χ1v) is 10.3. The van der Waals surface area contributed by atoms with Crippen molar-refractivity contribution in [1.29, 1.82) is 0 Å². The maximum atomic E-state index is 12.5.